The molecular weight excluding hydrogens is 346 g/mol. The molecule has 146 valence electrons. The molecule has 1 aromatic heterocycles. The molecule has 3 aliphatic heterocycles. The van der Waals surface area contributed by atoms with Gasteiger partial charge in [0.05, 0.1) is 6.04 Å². The number of piperidine rings is 3. The Morgan fingerprint density at radius 3 is 3.04 bits per heavy atom. The zero-order valence-electron chi connectivity index (χ0n) is 16.4. The number of likely N-dealkylation sites (tertiary alicyclic amines) is 1. The first kappa shape index (κ1) is 16.8. The number of carbonyl (C=O) groups excluding carboxylic acids is 1. The normalized spacial score (nSPS) is 32.6. The maximum Gasteiger partial charge on any atom is 0.255 e. The molecule has 4 aliphatic rings. The van der Waals surface area contributed by atoms with E-state index in [1.165, 1.54) is 45.2 Å². The molecule has 1 N–H and O–H groups in total. The van der Waals surface area contributed by atoms with Gasteiger partial charge in [-0.1, -0.05) is 24.1 Å². The lowest BCUT2D eigenvalue weighted by Crippen LogP contribution is -2.60. The van der Waals surface area contributed by atoms with Crippen LogP contribution < -0.4 is 0 Å². The van der Waals surface area contributed by atoms with Crippen LogP contribution in [0.5, 0.6) is 0 Å². The molecule has 2 aromatic rings. The van der Waals surface area contributed by atoms with Gasteiger partial charge < -0.3 is 9.88 Å². The average molecular weight is 376 g/mol. The molecule has 6 rings (SSSR count). The number of carbonyl (C=O) groups is 1. The first-order chi connectivity index (χ1) is 13.8. The van der Waals surface area contributed by atoms with Crippen molar-refractivity contribution in [2.75, 3.05) is 19.6 Å². The lowest BCUT2D eigenvalue weighted by Gasteiger charge is -2.54. The number of hydrogen-bond acceptors (Lipinski definition) is 2. The van der Waals surface area contributed by atoms with Crippen LogP contribution in [0.1, 0.15) is 48.9 Å². The molecule has 4 atom stereocenters. The van der Waals surface area contributed by atoms with Crippen LogP contribution in [0.2, 0.25) is 0 Å². The number of amides is 1. The van der Waals surface area contributed by atoms with Crippen LogP contribution in [0.4, 0.5) is 0 Å². The van der Waals surface area contributed by atoms with E-state index in [0.717, 1.165) is 35.5 Å². The van der Waals surface area contributed by atoms with Gasteiger partial charge in [0.1, 0.15) is 0 Å². The highest BCUT2D eigenvalue weighted by molar-refractivity contribution is 6.06. The van der Waals surface area contributed by atoms with Crippen molar-refractivity contribution in [2.24, 2.45) is 11.8 Å². The summed E-state index contributed by atoms with van der Waals surface area (Å²) >= 11 is 0. The van der Waals surface area contributed by atoms with E-state index in [0.29, 0.717) is 17.9 Å². The maximum absolute atomic E-state index is 13.7. The minimum Gasteiger partial charge on any atom is -0.361 e. The van der Waals surface area contributed by atoms with Crippen LogP contribution in [0.3, 0.4) is 0 Å². The largest absolute Gasteiger partial charge is 0.361 e. The van der Waals surface area contributed by atoms with Crippen LogP contribution in [-0.2, 0) is 0 Å². The van der Waals surface area contributed by atoms with Gasteiger partial charge in [-0.15, -0.1) is 0 Å². The Labute approximate surface area is 166 Å². The van der Waals surface area contributed by atoms with Crippen molar-refractivity contribution in [3.63, 3.8) is 0 Å². The minimum atomic E-state index is 0.222. The molecule has 2 bridgehead atoms. The summed E-state index contributed by atoms with van der Waals surface area (Å²) in [6, 6.07) is 9.18. The van der Waals surface area contributed by atoms with Gasteiger partial charge in [-0.2, -0.15) is 0 Å². The van der Waals surface area contributed by atoms with E-state index in [4.69, 9.17) is 0 Å². The number of nitrogens with one attached hydrogen (secondary N) is 1. The quantitative estimate of drug-likeness (QED) is 0.759. The van der Waals surface area contributed by atoms with Gasteiger partial charge in [0.15, 0.2) is 0 Å². The summed E-state index contributed by atoms with van der Waals surface area (Å²) in [5, 5.41) is 1.05. The fourth-order valence-corrected chi connectivity index (χ4v) is 6.63. The molecule has 4 heterocycles. The van der Waals surface area contributed by atoms with E-state index >= 15 is 0 Å². The highest BCUT2D eigenvalue weighted by Crippen LogP contribution is 2.45. The van der Waals surface area contributed by atoms with Crippen molar-refractivity contribution >= 4 is 16.8 Å². The van der Waals surface area contributed by atoms with Crippen LogP contribution >= 0.6 is 0 Å². The molecule has 0 radical (unpaired) electrons. The minimum absolute atomic E-state index is 0.222. The first-order valence-electron chi connectivity index (χ1n) is 11.1. The van der Waals surface area contributed by atoms with Crippen molar-refractivity contribution in [3.05, 3.63) is 47.7 Å². The molecule has 0 spiro atoms. The Morgan fingerprint density at radius 2 is 2.07 bits per heavy atom. The summed E-state index contributed by atoms with van der Waals surface area (Å²) in [6.07, 6.45) is 12.2. The molecule has 1 amide bonds. The zero-order chi connectivity index (χ0) is 18.7. The molecule has 4 nitrogen and oxygen atoms in total. The SMILES string of the molecule is O=C(c1cccc2[nH]ccc12)N1CCCC2=CC3CC(CN4CCCCC34)C21. The van der Waals surface area contributed by atoms with Gasteiger partial charge in [-0.3, -0.25) is 9.69 Å². The van der Waals surface area contributed by atoms with E-state index in [-0.39, 0.29) is 5.91 Å². The molecular formula is C24H29N3O. The average Bonchev–Trinajstić information content (AvgIpc) is 3.22. The first-order valence-corrected chi connectivity index (χ1v) is 11.1. The van der Waals surface area contributed by atoms with Gasteiger partial charge in [0.2, 0.25) is 0 Å². The summed E-state index contributed by atoms with van der Waals surface area (Å²) in [5.74, 6) is 1.54. The molecule has 28 heavy (non-hydrogen) atoms. The predicted octanol–water partition coefficient (Wildman–Crippen LogP) is 4.20. The van der Waals surface area contributed by atoms with E-state index < -0.39 is 0 Å². The highest BCUT2D eigenvalue weighted by atomic mass is 16.2. The van der Waals surface area contributed by atoms with Crippen LogP contribution in [-0.4, -0.2) is 52.4 Å². The van der Waals surface area contributed by atoms with Gasteiger partial charge in [0.25, 0.3) is 5.91 Å². The summed E-state index contributed by atoms with van der Waals surface area (Å²) in [7, 11) is 0. The van der Waals surface area contributed by atoms with E-state index in [1.807, 2.05) is 24.4 Å². The zero-order valence-corrected chi connectivity index (χ0v) is 16.4. The lowest BCUT2D eigenvalue weighted by molar-refractivity contribution is 0.00153. The van der Waals surface area contributed by atoms with Crippen LogP contribution in [0, 0.1) is 11.8 Å². The smallest absolute Gasteiger partial charge is 0.255 e. The van der Waals surface area contributed by atoms with Crippen molar-refractivity contribution in [1.82, 2.24) is 14.8 Å². The Kier molecular flexibility index (Phi) is 3.90. The highest BCUT2D eigenvalue weighted by Gasteiger charge is 2.47. The molecule has 3 saturated heterocycles. The Morgan fingerprint density at radius 1 is 1.11 bits per heavy atom. The summed E-state index contributed by atoms with van der Waals surface area (Å²) < 4.78 is 0. The number of nitrogens with zero attached hydrogens (tertiary/aromatic N) is 2. The number of fused-ring (bicyclic) bond motifs is 7. The second kappa shape index (κ2) is 6.48. The topological polar surface area (TPSA) is 39.3 Å². The third-order valence-electron chi connectivity index (χ3n) is 7.74. The fraction of sp³-hybridized carbons (Fsp3) is 0.542. The van der Waals surface area contributed by atoms with Crippen molar-refractivity contribution in [2.45, 2.75) is 50.6 Å². The van der Waals surface area contributed by atoms with Crippen LogP contribution in [0.25, 0.3) is 10.9 Å². The molecule has 4 unspecified atom stereocenters. The summed E-state index contributed by atoms with van der Waals surface area (Å²) in [6.45, 7) is 3.33. The van der Waals surface area contributed by atoms with E-state index in [1.54, 1.807) is 5.57 Å². The Balaban J connectivity index is 1.36. The van der Waals surface area contributed by atoms with Gasteiger partial charge >= 0.3 is 0 Å². The van der Waals surface area contributed by atoms with Crippen molar-refractivity contribution < 1.29 is 4.79 Å². The fourth-order valence-electron chi connectivity index (χ4n) is 6.63. The van der Waals surface area contributed by atoms with Gasteiger partial charge in [0, 0.05) is 41.8 Å². The van der Waals surface area contributed by atoms with Crippen molar-refractivity contribution in [3.8, 4) is 0 Å². The predicted molar refractivity (Wildman–Crippen MR) is 111 cm³/mol. The third kappa shape index (κ3) is 2.50. The molecule has 3 fully saturated rings. The van der Waals surface area contributed by atoms with Gasteiger partial charge in [-0.25, -0.2) is 0 Å². The van der Waals surface area contributed by atoms with Gasteiger partial charge in [-0.05, 0) is 68.7 Å². The number of H-pyrrole nitrogens is 1. The van der Waals surface area contributed by atoms with Crippen molar-refractivity contribution in [1.29, 1.82) is 0 Å². The van der Waals surface area contributed by atoms with E-state index in [2.05, 4.69) is 26.9 Å². The molecule has 0 saturated carbocycles. The molecule has 1 aliphatic carbocycles. The second-order valence-corrected chi connectivity index (χ2v) is 9.25. The number of aromatic amines is 1. The molecule has 1 aromatic carbocycles. The number of rotatable bonds is 1. The standard InChI is InChI=1S/C24H29N3O/c28-24(20-6-3-7-21-19(20)9-10-25-21)27-12-4-5-16-13-17-14-18(23(16)27)15-26-11-2-1-8-22(17)26/h3,6-7,9-10,13,17-18,22-23,25H,1-2,4-5,8,11-12,14-15H2. The van der Waals surface area contributed by atoms with Crippen LogP contribution in [0.15, 0.2) is 42.1 Å². The summed E-state index contributed by atoms with van der Waals surface area (Å²) in [5.41, 5.74) is 3.47. The second-order valence-electron chi connectivity index (χ2n) is 9.25. The number of hydrogen-bond donors (Lipinski definition) is 1. The maximum atomic E-state index is 13.7. The lowest BCUT2D eigenvalue weighted by atomic mass is 9.68. The Bertz CT molecular complexity index is 944. The molecule has 4 heteroatoms. The Hall–Kier alpha value is -2.07. The monoisotopic (exact) mass is 375 g/mol. The third-order valence-corrected chi connectivity index (χ3v) is 7.74. The number of benzene rings is 1. The van der Waals surface area contributed by atoms with E-state index in [9.17, 15) is 4.79 Å². The number of aromatic nitrogens is 1. The summed E-state index contributed by atoms with van der Waals surface area (Å²) in [4.78, 5) is 21.9.